The van der Waals surface area contributed by atoms with E-state index in [-0.39, 0.29) is 11.5 Å². The maximum absolute atomic E-state index is 12.4. The lowest BCUT2D eigenvalue weighted by Crippen LogP contribution is -2.48. The fourth-order valence-corrected chi connectivity index (χ4v) is 3.80. The number of nitrogens with one attached hydrogen (secondary N) is 1. The van der Waals surface area contributed by atoms with Crippen molar-refractivity contribution in [3.63, 3.8) is 0 Å². The van der Waals surface area contributed by atoms with E-state index in [4.69, 9.17) is 0 Å². The molecule has 0 radical (unpaired) electrons. The average Bonchev–Trinajstić information content (AvgIpc) is 3.15. The summed E-state index contributed by atoms with van der Waals surface area (Å²) in [5, 5.41) is 0.618. The molecule has 26 heavy (non-hydrogen) atoms. The molecule has 0 saturated carbocycles. The Morgan fingerprint density at radius 2 is 2.00 bits per heavy atom. The Kier molecular flexibility index (Phi) is 4.84. The van der Waals surface area contributed by atoms with Gasteiger partial charge in [-0.05, 0) is 30.9 Å². The number of amides is 1. The van der Waals surface area contributed by atoms with Gasteiger partial charge in [0, 0.05) is 32.6 Å². The highest BCUT2D eigenvalue weighted by molar-refractivity contribution is 5.77. The maximum Gasteiger partial charge on any atom is 0.258 e. The van der Waals surface area contributed by atoms with Crippen LogP contribution in [-0.4, -0.2) is 51.9 Å². The number of H-pyrrole nitrogens is 1. The summed E-state index contributed by atoms with van der Waals surface area (Å²) >= 11 is 0. The number of para-hydroxylation sites is 1. The minimum atomic E-state index is -0.0935. The monoisotopic (exact) mass is 352 g/mol. The van der Waals surface area contributed by atoms with Gasteiger partial charge in [-0.25, -0.2) is 4.98 Å². The Bertz CT molecular complexity index is 881. The second-order valence-electron chi connectivity index (χ2n) is 7.16. The number of rotatable bonds is 4. The van der Waals surface area contributed by atoms with Crippen molar-refractivity contribution < 1.29 is 4.79 Å². The first-order valence-electron chi connectivity index (χ1n) is 9.34. The average molecular weight is 352 g/mol. The Morgan fingerprint density at radius 1 is 1.19 bits per heavy atom. The molecule has 0 unspecified atom stereocenters. The molecule has 136 valence electrons. The molecule has 6 heteroatoms. The van der Waals surface area contributed by atoms with E-state index in [1.165, 1.54) is 0 Å². The molecule has 2 aliphatic rings. The summed E-state index contributed by atoms with van der Waals surface area (Å²) in [5.41, 5.74) is 0.633. The van der Waals surface area contributed by atoms with Gasteiger partial charge < -0.3 is 9.88 Å². The van der Waals surface area contributed by atoms with E-state index in [2.05, 4.69) is 27.0 Å². The third-order valence-electron chi connectivity index (χ3n) is 5.31. The Balaban J connectivity index is 1.34. The number of aromatic nitrogens is 2. The zero-order valence-electron chi connectivity index (χ0n) is 14.9. The van der Waals surface area contributed by atoms with Crippen molar-refractivity contribution >= 4 is 16.8 Å². The third-order valence-corrected chi connectivity index (χ3v) is 5.31. The van der Waals surface area contributed by atoms with Crippen LogP contribution in [0.1, 0.15) is 25.1 Å². The second kappa shape index (κ2) is 7.41. The SMILES string of the molecule is O=C(C[C@@H]1C=CCC1)N1CCN(Cc2nc3ccccc3c(=O)[nH]2)CC1. The topological polar surface area (TPSA) is 69.3 Å². The van der Waals surface area contributed by atoms with Gasteiger partial charge >= 0.3 is 0 Å². The molecule has 1 aromatic heterocycles. The predicted molar refractivity (Wildman–Crippen MR) is 101 cm³/mol. The number of piperazine rings is 1. The second-order valence-corrected chi connectivity index (χ2v) is 7.16. The lowest BCUT2D eigenvalue weighted by Gasteiger charge is -2.34. The van der Waals surface area contributed by atoms with Crippen molar-refractivity contribution in [3.8, 4) is 0 Å². The van der Waals surface area contributed by atoms with Crippen LogP contribution in [0, 0.1) is 5.92 Å². The molecular weight excluding hydrogens is 328 g/mol. The summed E-state index contributed by atoms with van der Waals surface area (Å²) in [4.78, 5) is 36.3. The minimum Gasteiger partial charge on any atom is -0.340 e. The van der Waals surface area contributed by atoms with Gasteiger partial charge in [-0.1, -0.05) is 24.3 Å². The number of benzene rings is 1. The zero-order chi connectivity index (χ0) is 17.9. The summed E-state index contributed by atoms with van der Waals surface area (Å²) in [6.45, 7) is 3.71. The van der Waals surface area contributed by atoms with Crippen molar-refractivity contribution in [2.45, 2.75) is 25.8 Å². The standard InChI is InChI=1S/C20H24N4O2/c25-19(13-15-5-1-2-6-15)24-11-9-23(10-12-24)14-18-21-17-8-4-3-7-16(17)20(26)22-18/h1,3-5,7-8,15H,2,6,9-14H2,(H,21,22,26)/t15-/m1/s1. The van der Waals surface area contributed by atoms with E-state index in [0.29, 0.717) is 30.1 Å². The summed E-state index contributed by atoms with van der Waals surface area (Å²) in [7, 11) is 0. The number of hydrogen-bond acceptors (Lipinski definition) is 4. The number of carbonyl (C=O) groups excluding carboxylic acids is 1. The molecule has 1 aliphatic carbocycles. The van der Waals surface area contributed by atoms with Gasteiger partial charge in [-0.15, -0.1) is 0 Å². The van der Waals surface area contributed by atoms with Crippen LogP contribution >= 0.6 is 0 Å². The van der Waals surface area contributed by atoms with Crippen molar-refractivity contribution in [1.82, 2.24) is 19.8 Å². The Morgan fingerprint density at radius 3 is 2.77 bits per heavy atom. The minimum absolute atomic E-state index is 0.0935. The van der Waals surface area contributed by atoms with Crippen LogP contribution in [0.3, 0.4) is 0 Å². The highest BCUT2D eigenvalue weighted by Gasteiger charge is 2.24. The third kappa shape index (κ3) is 3.70. The summed E-state index contributed by atoms with van der Waals surface area (Å²) < 4.78 is 0. The van der Waals surface area contributed by atoms with E-state index in [1.54, 1.807) is 6.07 Å². The Hall–Kier alpha value is -2.47. The molecule has 1 atom stereocenters. The number of allylic oxidation sites excluding steroid dienone is 2. The normalized spacial score (nSPS) is 20.8. The van der Waals surface area contributed by atoms with Crippen molar-refractivity contribution in [2.75, 3.05) is 26.2 Å². The molecule has 1 aliphatic heterocycles. The van der Waals surface area contributed by atoms with Gasteiger partial charge in [0.05, 0.1) is 17.4 Å². The summed E-state index contributed by atoms with van der Waals surface area (Å²) in [6, 6.07) is 7.38. The molecule has 0 spiro atoms. The van der Waals surface area contributed by atoms with Gasteiger partial charge in [0.15, 0.2) is 0 Å². The molecule has 0 bridgehead atoms. The smallest absolute Gasteiger partial charge is 0.258 e. The number of carbonyl (C=O) groups is 1. The number of aromatic amines is 1. The molecule has 4 rings (SSSR count). The van der Waals surface area contributed by atoms with Gasteiger partial charge in [-0.2, -0.15) is 0 Å². The zero-order valence-corrected chi connectivity index (χ0v) is 14.9. The largest absolute Gasteiger partial charge is 0.340 e. The molecule has 1 aromatic carbocycles. The Labute approximate surface area is 152 Å². The van der Waals surface area contributed by atoms with Crippen LogP contribution in [0.25, 0.3) is 10.9 Å². The predicted octanol–water partition coefficient (Wildman–Crippen LogP) is 1.92. The van der Waals surface area contributed by atoms with E-state index < -0.39 is 0 Å². The first kappa shape index (κ1) is 17.0. The first-order chi connectivity index (χ1) is 12.7. The van der Waals surface area contributed by atoms with Gasteiger partial charge in [0.1, 0.15) is 5.82 Å². The quantitative estimate of drug-likeness (QED) is 0.854. The summed E-state index contributed by atoms with van der Waals surface area (Å²) in [6.07, 6.45) is 7.19. The lowest BCUT2D eigenvalue weighted by atomic mass is 10.0. The van der Waals surface area contributed by atoms with E-state index in [9.17, 15) is 9.59 Å². The fourth-order valence-electron chi connectivity index (χ4n) is 3.80. The molecule has 2 aromatic rings. The van der Waals surface area contributed by atoms with Crippen LogP contribution in [-0.2, 0) is 11.3 Å². The lowest BCUT2D eigenvalue weighted by molar-refractivity contribution is -0.133. The van der Waals surface area contributed by atoms with Crippen LogP contribution in [0.2, 0.25) is 0 Å². The van der Waals surface area contributed by atoms with Gasteiger partial charge in [-0.3, -0.25) is 14.5 Å². The van der Waals surface area contributed by atoms with Crippen molar-refractivity contribution in [1.29, 1.82) is 0 Å². The summed E-state index contributed by atoms with van der Waals surface area (Å²) in [5.74, 6) is 1.37. The molecule has 1 fully saturated rings. The van der Waals surface area contributed by atoms with E-state index >= 15 is 0 Å². The van der Waals surface area contributed by atoms with Crippen LogP contribution in [0.4, 0.5) is 0 Å². The molecular formula is C20H24N4O2. The molecule has 6 nitrogen and oxygen atoms in total. The molecule has 1 amide bonds. The van der Waals surface area contributed by atoms with Crippen LogP contribution in [0.5, 0.6) is 0 Å². The van der Waals surface area contributed by atoms with Crippen molar-refractivity contribution in [2.24, 2.45) is 5.92 Å². The van der Waals surface area contributed by atoms with Crippen LogP contribution in [0.15, 0.2) is 41.2 Å². The van der Waals surface area contributed by atoms with Gasteiger partial charge in [0.25, 0.3) is 5.56 Å². The number of nitrogens with zero attached hydrogens (tertiary/aromatic N) is 3. The molecule has 2 heterocycles. The highest BCUT2D eigenvalue weighted by Crippen LogP contribution is 2.21. The van der Waals surface area contributed by atoms with E-state index in [0.717, 1.165) is 44.5 Å². The molecule has 1 saturated heterocycles. The fraction of sp³-hybridized carbons (Fsp3) is 0.450. The number of hydrogen-bond donors (Lipinski definition) is 1. The number of fused-ring (bicyclic) bond motifs is 1. The molecule has 1 N–H and O–H groups in total. The maximum atomic E-state index is 12.4. The van der Waals surface area contributed by atoms with Crippen LogP contribution < -0.4 is 5.56 Å². The van der Waals surface area contributed by atoms with Gasteiger partial charge in [0.2, 0.25) is 5.91 Å². The first-order valence-corrected chi connectivity index (χ1v) is 9.34. The van der Waals surface area contributed by atoms with Crippen molar-refractivity contribution in [3.05, 3.63) is 52.6 Å². The highest BCUT2D eigenvalue weighted by atomic mass is 16.2. The van der Waals surface area contributed by atoms with E-state index in [1.807, 2.05) is 23.1 Å².